The summed E-state index contributed by atoms with van der Waals surface area (Å²) in [5.74, 6) is -0.0866. The molecule has 0 unspecified atom stereocenters. The van der Waals surface area contributed by atoms with E-state index >= 15 is 0 Å². The molecule has 0 bridgehead atoms. The van der Waals surface area contributed by atoms with E-state index in [1.807, 2.05) is 24.3 Å². The van der Waals surface area contributed by atoms with E-state index in [1.54, 1.807) is 18.2 Å². The Bertz CT molecular complexity index is 1060. The zero-order valence-electron chi connectivity index (χ0n) is 16.7. The molecule has 4 rings (SSSR count). The van der Waals surface area contributed by atoms with E-state index in [1.165, 1.54) is 31.0 Å². The lowest BCUT2D eigenvalue weighted by atomic mass is 10.1. The second-order valence-corrected chi connectivity index (χ2v) is 8.01. The van der Waals surface area contributed by atoms with Crippen LogP contribution in [0, 0.1) is 10.1 Å². The Morgan fingerprint density at radius 1 is 1.10 bits per heavy atom. The van der Waals surface area contributed by atoms with E-state index < -0.39 is 4.92 Å². The van der Waals surface area contributed by atoms with Gasteiger partial charge in [0.1, 0.15) is 5.56 Å². The first-order valence-corrected chi connectivity index (χ1v) is 10.9. The molecule has 0 spiro atoms. The van der Waals surface area contributed by atoms with Crippen LogP contribution in [0.3, 0.4) is 0 Å². The fourth-order valence-electron chi connectivity index (χ4n) is 3.42. The van der Waals surface area contributed by atoms with Gasteiger partial charge in [-0.25, -0.2) is 0 Å². The number of amides is 1. The number of nitro benzene ring substituents is 1. The molecule has 1 saturated heterocycles. The van der Waals surface area contributed by atoms with Gasteiger partial charge in [-0.1, -0.05) is 23.9 Å². The number of hydrogen-bond donors (Lipinski definition) is 1. The summed E-state index contributed by atoms with van der Waals surface area (Å²) < 4.78 is 5.49. The Hall–Kier alpha value is -3.40. The fraction of sp³-hybridized carbons (Fsp3) is 0.286. The molecule has 2 aromatic carbocycles. The summed E-state index contributed by atoms with van der Waals surface area (Å²) in [5, 5.41) is 21.9. The van der Waals surface area contributed by atoms with Gasteiger partial charge in [-0.15, -0.1) is 10.2 Å². The van der Waals surface area contributed by atoms with E-state index in [0.29, 0.717) is 0 Å². The molecule has 0 aliphatic carbocycles. The molecule has 1 aliphatic heterocycles. The van der Waals surface area contributed by atoms with Gasteiger partial charge in [0.25, 0.3) is 16.8 Å². The summed E-state index contributed by atoms with van der Waals surface area (Å²) in [5.41, 5.74) is 2.01. The van der Waals surface area contributed by atoms with E-state index in [9.17, 15) is 14.9 Å². The molecule has 1 N–H and O–H groups in total. The van der Waals surface area contributed by atoms with Crippen LogP contribution in [0.15, 0.2) is 58.2 Å². The van der Waals surface area contributed by atoms with Crippen LogP contribution in [-0.4, -0.2) is 39.9 Å². The molecule has 0 radical (unpaired) electrons. The SMILES string of the molecule is O=C(CSc1nnc(-c2ccccc2[N+](=O)[O-])o1)Nc1ccc(N2CCCCC2)cc1. The van der Waals surface area contributed by atoms with Crippen molar-refractivity contribution in [2.24, 2.45) is 0 Å². The average molecular weight is 439 g/mol. The lowest BCUT2D eigenvalue weighted by molar-refractivity contribution is -0.384. The summed E-state index contributed by atoms with van der Waals surface area (Å²) in [6.07, 6.45) is 3.71. The van der Waals surface area contributed by atoms with Crippen molar-refractivity contribution < 1.29 is 14.1 Å². The van der Waals surface area contributed by atoms with Crippen molar-refractivity contribution in [1.29, 1.82) is 0 Å². The number of benzene rings is 2. The minimum absolute atomic E-state index is 0.0449. The highest BCUT2D eigenvalue weighted by atomic mass is 32.2. The van der Waals surface area contributed by atoms with Crippen molar-refractivity contribution in [2.75, 3.05) is 29.1 Å². The summed E-state index contributed by atoms with van der Waals surface area (Å²) in [6, 6.07) is 14.0. The molecule has 31 heavy (non-hydrogen) atoms. The highest BCUT2D eigenvalue weighted by Crippen LogP contribution is 2.30. The molecule has 0 atom stereocenters. The average Bonchev–Trinajstić information content (AvgIpc) is 3.28. The molecular formula is C21H21N5O4S. The Morgan fingerprint density at radius 2 is 1.84 bits per heavy atom. The second kappa shape index (κ2) is 9.61. The maximum absolute atomic E-state index is 12.3. The minimum atomic E-state index is -0.504. The Labute approximate surface area is 183 Å². The van der Waals surface area contributed by atoms with Crippen LogP contribution < -0.4 is 10.2 Å². The number of carbonyl (C=O) groups excluding carboxylic acids is 1. The molecule has 1 amide bonds. The third-order valence-electron chi connectivity index (χ3n) is 4.94. The number of anilines is 2. The number of piperidine rings is 1. The van der Waals surface area contributed by atoms with Gasteiger partial charge in [-0.3, -0.25) is 14.9 Å². The van der Waals surface area contributed by atoms with Gasteiger partial charge in [-0.2, -0.15) is 0 Å². The number of aromatic nitrogens is 2. The van der Waals surface area contributed by atoms with Crippen LogP contribution in [0.5, 0.6) is 0 Å². The molecule has 1 fully saturated rings. The van der Waals surface area contributed by atoms with Crippen LogP contribution in [0.4, 0.5) is 17.1 Å². The summed E-state index contributed by atoms with van der Waals surface area (Å²) >= 11 is 1.07. The standard InChI is InChI=1S/C21H21N5O4S/c27-19(22-15-8-10-16(11-9-15)25-12-4-1-5-13-25)14-31-21-24-23-20(30-21)17-6-2-3-7-18(17)26(28)29/h2-3,6-11H,1,4-5,12-14H2,(H,22,27). The molecule has 160 valence electrons. The zero-order valence-corrected chi connectivity index (χ0v) is 17.5. The van der Waals surface area contributed by atoms with Crippen molar-refractivity contribution in [3.05, 3.63) is 58.6 Å². The number of para-hydroxylation sites is 1. The monoisotopic (exact) mass is 439 g/mol. The molecule has 9 nitrogen and oxygen atoms in total. The Morgan fingerprint density at radius 3 is 2.58 bits per heavy atom. The maximum atomic E-state index is 12.3. The molecule has 1 aliphatic rings. The fourth-order valence-corrected chi connectivity index (χ4v) is 3.99. The van der Waals surface area contributed by atoms with Gasteiger partial charge in [0.05, 0.1) is 10.7 Å². The first-order chi connectivity index (χ1) is 15.1. The number of nitrogens with one attached hydrogen (secondary N) is 1. The van der Waals surface area contributed by atoms with Crippen molar-refractivity contribution >= 4 is 34.7 Å². The van der Waals surface area contributed by atoms with E-state index in [-0.39, 0.29) is 34.0 Å². The van der Waals surface area contributed by atoms with Crippen molar-refractivity contribution in [2.45, 2.75) is 24.5 Å². The van der Waals surface area contributed by atoms with Crippen molar-refractivity contribution in [1.82, 2.24) is 10.2 Å². The number of rotatable bonds is 7. The van der Waals surface area contributed by atoms with Gasteiger partial charge in [0.15, 0.2) is 0 Å². The highest BCUT2D eigenvalue weighted by molar-refractivity contribution is 7.99. The molecular weight excluding hydrogens is 418 g/mol. The highest BCUT2D eigenvalue weighted by Gasteiger charge is 2.20. The van der Waals surface area contributed by atoms with Crippen molar-refractivity contribution in [3.63, 3.8) is 0 Å². The predicted octanol–water partition coefficient (Wildman–Crippen LogP) is 4.37. The molecule has 2 heterocycles. The number of nitro groups is 1. The Balaban J connectivity index is 1.32. The first-order valence-electron chi connectivity index (χ1n) is 9.95. The van der Waals surface area contributed by atoms with E-state index in [2.05, 4.69) is 20.4 Å². The van der Waals surface area contributed by atoms with Crippen LogP contribution in [-0.2, 0) is 4.79 Å². The normalized spacial score (nSPS) is 13.7. The number of carbonyl (C=O) groups is 1. The minimum Gasteiger partial charge on any atom is -0.411 e. The maximum Gasteiger partial charge on any atom is 0.282 e. The third-order valence-corrected chi connectivity index (χ3v) is 5.76. The smallest absolute Gasteiger partial charge is 0.282 e. The third kappa shape index (κ3) is 5.21. The van der Waals surface area contributed by atoms with Gasteiger partial charge in [-0.05, 0) is 49.6 Å². The summed E-state index contributed by atoms with van der Waals surface area (Å²) in [6.45, 7) is 2.14. The van der Waals surface area contributed by atoms with Crippen molar-refractivity contribution in [3.8, 4) is 11.5 Å². The summed E-state index contributed by atoms with van der Waals surface area (Å²) in [7, 11) is 0. The quantitative estimate of drug-likeness (QED) is 0.328. The van der Waals surface area contributed by atoms with Gasteiger partial charge < -0.3 is 14.6 Å². The van der Waals surface area contributed by atoms with E-state index in [4.69, 9.17) is 4.42 Å². The van der Waals surface area contributed by atoms with Gasteiger partial charge in [0, 0.05) is 30.5 Å². The lowest BCUT2D eigenvalue weighted by Gasteiger charge is -2.28. The van der Waals surface area contributed by atoms with Crippen LogP contribution in [0.1, 0.15) is 19.3 Å². The number of thioether (sulfide) groups is 1. The predicted molar refractivity (Wildman–Crippen MR) is 118 cm³/mol. The molecule has 1 aromatic heterocycles. The second-order valence-electron chi connectivity index (χ2n) is 7.08. The summed E-state index contributed by atoms with van der Waals surface area (Å²) in [4.78, 5) is 25.3. The van der Waals surface area contributed by atoms with Crippen LogP contribution >= 0.6 is 11.8 Å². The van der Waals surface area contributed by atoms with Crippen LogP contribution in [0.25, 0.3) is 11.5 Å². The topological polar surface area (TPSA) is 114 Å². The van der Waals surface area contributed by atoms with E-state index in [0.717, 1.165) is 30.5 Å². The number of nitrogens with zero attached hydrogens (tertiary/aromatic N) is 4. The lowest BCUT2D eigenvalue weighted by Crippen LogP contribution is -2.29. The van der Waals surface area contributed by atoms with Gasteiger partial charge >= 0.3 is 0 Å². The number of hydrogen-bond acceptors (Lipinski definition) is 8. The molecule has 0 saturated carbocycles. The largest absolute Gasteiger partial charge is 0.411 e. The Kier molecular flexibility index (Phi) is 6.46. The van der Waals surface area contributed by atoms with Crippen LogP contribution in [0.2, 0.25) is 0 Å². The zero-order chi connectivity index (χ0) is 21.6. The van der Waals surface area contributed by atoms with Gasteiger partial charge in [0.2, 0.25) is 5.91 Å². The molecule has 10 heteroatoms. The first kappa shape index (κ1) is 20.9. The molecule has 3 aromatic rings.